The van der Waals surface area contributed by atoms with Gasteiger partial charge >= 0.3 is 6.36 Å². The molecule has 1 aromatic heterocycles. The Morgan fingerprint density at radius 2 is 2.05 bits per heavy atom. The normalized spacial score (nSPS) is 14.8. The van der Waals surface area contributed by atoms with E-state index in [-0.39, 0.29) is 5.75 Å². The zero-order valence-electron chi connectivity index (χ0n) is 11.2. The first kappa shape index (κ1) is 13.8. The van der Waals surface area contributed by atoms with Gasteiger partial charge in [-0.2, -0.15) is 0 Å². The predicted octanol–water partition coefficient (Wildman–Crippen LogP) is 3.37. The third-order valence-electron chi connectivity index (χ3n) is 3.46. The van der Waals surface area contributed by atoms with E-state index < -0.39 is 6.36 Å². The van der Waals surface area contributed by atoms with Crippen LogP contribution in [0.3, 0.4) is 0 Å². The Labute approximate surface area is 119 Å². The number of ether oxygens (including phenoxy) is 1. The van der Waals surface area contributed by atoms with Crippen LogP contribution in [-0.4, -0.2) is 15.9 Å². The third-order valence-corrected chi connectivity index (χ3v) is 3.46. The van der Waals surface area contributed by atoms with Gasteiger partial charge in [0.25, 0.3) is 0 Å². The molecule has 2 aromatic rings. The molecule has 0 amide bonds. The molecule has 2 heterocycles. The minimum absolute atomic E-state index is 0.273. The Kier molecular flexibility index (Phi) is 3.27. The van der Waals surface area contributed by atoms with Crippen LogP contribution in [0.1, 0.15) is 18.7 Å². The van der Waals surface area contributed by atoms with Gasteiger partial charge in [-0.3, -0.25) is 0 Å². The maximum Gasteiger partial charge on any atom is 0.573 e. The van der Waals surface area contributed by atoms with Crippen molar-refractivity contribution in [3.05, 3.63) is 30.1 Å². The fourth-order valence-electron chi connectivity index (χ4n) is 2.56. The van der Waals surface area contributed by atoms with Gasteiger partial charge in [0.05, 0.1) is 0 Å². The van der Waals surface area contributed by atoms with Crippen molar-refractivity contribution >= 4 is 5.82 Å². The van der Waals surface area contributed by atoms with Crippen LogP contribution in [0, 0.1) is 0 Å². The minimum Gasteiger partial charge on any atom is -0.406 e. The van der Waals surface area contributed by atoms with Crippen LogP contribution in [0.4, 0.5) is 19.0 Å². The molecule has 7 heteroatoms. The zero-order chi connectivity index (χ0) is 15.0. The summed E-state index contributed by atoms with van der Waals surface area (Å²) >= 11 is 0. The number of imidazole rings is 1. The summed E-state index contributed by atoms with van der Waals surface area (Å²) in [7, 11) is 0. The lowest BCUT2D eigenvalue weighted by atomic mass is 10.1. The van der Waals surface area contributed by atoms with Crippen LogP contribution < -0.4 is 10.5 Å². The molecule has 1 aliphatic heterocycles. The van der Waals surface area contributed by atoms with E-state index in [2.05, 4.69) is 9.72 Å². The number of halogens is 3. The van der Waals surface area contributed by atoms with Crippen molar-refractivity contribution in [1.29, 1.82) is 0 Å². The highest BCUT2D eigenvalue weighted by Gasteiger charge is 2.31. The van der Waals surface area contributed by atoms with Crippen molar-refractivity contribution in [2.45, 2.75) is 32.2 Å². The Bertz CT molecular complexity index is 664. The Hall–Kier alpha value is -2.18. The number of rotatable bonds is 2. The van der Waals surface area contributed by atoms with Gasteiger partial charge in [-0.05, 0) is 25.0 Å². The molecule has 0 unspecified atom stereocenters. The molecule has 0 saturated heterocycles. The molecule has 4 nitrogen and oxygen atoms in total. The van der Waals surface area contributed by atoms with Crippen LogP contribution >= 0.6 is 0 Å². The topological polar surface area (TPSA) is 53.1 Å². The second-order valence-electron chi connectivity index (χ2n) is 4.95. The number of hydrogen-bond donors (Lipinski definition) is 1. The molecule has 21 heavy (non-hydrogen) atoms. The van der Waals surface area contributed by atoms with Crippen LogP contribution in [-0.2, 0) is 13.0 Å². The summed E-state index contributed by atoms with van der Waals surface area (Å²) in [5.41, 5.74) is 7.11. The van der Waals surface area contributed by atoms with Gasteiger partial charge in [-0.1, -0.05) is 12.1 Å². The molecular formula is C14H14F3N3O. The highest BCUT2D eigenvalue weighted by molar-refractivity contribution is 5.72. The van der Waals surface area contributed by atoms with E-state index in [4.69, 9.17) is 5.73 Å². The third kappa shape index (κ3) is 2.81. The first-order valence-corrected chi connectivity index (χ1v) is 6.65. The van der Waals surface area contributed by atoms with Crippen molar-refractivity contribution in [1.82, 2.24) is 9.55 Å². The summed E-state index contributed by atoms with van der Waals surface area (Å²) in [4.78, 5) is 4.46. The molecule has 0 bridgehead atoms. The molecule has 0 spiro atoms. The summed E-state index contributed by atoms with van der Waals surface area (Å²) in [6.07, 6.45) is -1.79. The van der Waals surface area contributed by atoms with E-state index in [0.717, 1.165) is 31.6 Å². The molecular weight excluding hydrogens is 283 g/mol. The number of aromatic nitrogens is 2. The van der Waals surface area contributed by atoms with E-state index in [1.165, 1.54) is 18.2 Å². The number of nitrogens with two attached hydrogens (primary N) is 1. The van der Waals surface area contributed by atoms with Gasteiger partial charge in [0.1, 0.15) is 23.1 Å². The molecule has 3 rings (SSSR count). The fourth-order valence-corrected chi connectivity index (χ4v) is 2.56. The standard InChI is InChI=1S/C14H14F3N3O/c15-14(16,17)21-10-5-3-4-9(8-10)12-13(18)20-7-2-1-6-11(20)19-12/h3-5,8H,1-2,6-7,18H2. The molecule has 1 aliphatic rings. The molecule has 0 aliphatic carbocycles. The molecule has 0 atom stereocenters. The van der Waals surface area contributed by atoms with Crippen molar-refractivity contribution < 1.29 is 17.9 Å². The summed E-state index contributed by atoms with van der Waals surface area (Å²) in [6.45, 7) is 0.799. The number of nitrogens with zero attached hydrogens (tertiary/aromatic N) is 2. The van der Waals surface area contributed by atoms with E-state index in [9.17, 15) is 13.2 Å². The van der Waals surface area contributed by atoms with Crippen molar-refractivity contribution in [2.24, 2.45) is 0 Å². The second-order valence-corrected chi connectivity index (χ2v) is 4.95. The molecule has 112 valence electrons. The maximum absolute atomic E-state index is 12.3. The SMILES string of the molecule is Nc1c(-c2cccc(OC(F)(F)F)c2)nc2n1CCCC2. The molecule has 0 fully saturated rings. The molecule has 1 aromatic carbocycles. The van der Waals surface area contributed by atoms with E-state index in [0.29, 0.717) is 17.1 Å². The number of benzene rings is 1. The zero-order valence-corrected chi connectivity index (χ0v) is 11.2. The average Bonchev–Trinajstić information content (AvgIpc) is 2.75. The minimum atomic E-state index is -4.71. The molecule has 2 N–H and O–H groups in total. The quantitative estimate of drug-likeness (QED) is 0.924. The highest BCUT2D eigenvalue weighted by atomic mass is 19.4. The Balaban J connectivity index is 1.97. The maximum atomic E-state index is 12.3. The largest absolute Gasteiger partial charge is 0.573 e. The highest BCUT2D eigenvalue weighted by Crippen LogP contribution is 2.32. The molecule has 0 radical (unpaired) electrons. The van der Waals surface area contributed by atoms with Gasteiger partial charge in [0.15, 0.2) is 0 Å². The Morgan fingerprint density at radius 1 is 1.24 bits per heavy atom. The number of nitrogen functional groups attached to an aromatic ring is 1. The lowest BCUT2D eigenvalue weighted by Gasteiger charge is -2.14. The smallest absolute Gasteiger partial charge is 0.406 e. The number of fused-ring (bicyclic) bond motifs is 1. The summed E-state index contributed by atoms with van der Waals surface area (Å²) < 4.78 is 42.7. The number of aryl methyl sites for hydroxylation is 1. The van der Waals surface area contributed by atoms with Crippen molar-refractivity contribution in [3.8, 4) is 17.0 Å². The van der Waals surface area contributed by atoms with Crippen LogP contribution in [0.15, 0.2) is 24.3 Å². The first-order valence-electron chi connectivity index (χ1n) is 6.65. The van der Waals surface area contributed by atoms with Gasteiger partial charge in [0.2, 0.25) is 0 Å². The van der Waals surface area contributed by atoms with E-state index >= 15 is 0 Å². The number of anilines is 1. The first-order chi connectivity index (χ1) is 9.94. The number of hydrogen-bond acceptors (Lipinski definition) is 3. The van der Waals surface area contributed by atoms with Crippen LogP contribution in [0.5, 0.6) is 5.75 Å². The van der Waals surface area contributed by atoms with Gasteiger partial charge < -0.3 is 15.0 Å². The fraction of sp³-hybridized carbons (Fsp3) is 0.357. The average molecular weight is 297 g/mol. The molecule has 0 saturated carbocycles. The second kappa shape index (κ2) is 4.98. The Morgan fingerprint density at radius 3 is 2.76 bits per heavy atom. The monoisotopic (exact) mass is 297 g/mol. The van der Waals surface area contributed by atoms with Gasteiger partial charge in [-0.25, -0.2) is 4.98 Å². The van der Waals surface area contributed by atoms with Gasteiger partial charge in [0, 0.05) is 18.5 Å². The predicted molar refractivity (Wildman–Crippen MR) is 71.7 cm³/mol. The lowest BCUT2D eigenvalue weighted by molar-refractivity contribution is -0.274. The lowest BCUT2D eigenvalue weighted by Crippen LogP contribution is -2.17. The number of alkyl halides is 3. The summed E-state index contributed by atoms with van der Waals surface area (Å²) in [5, 5.41) is 0. The van der Waals surface area contributed by atoms with E-state index in [1.807, 2.05) is 4.57 Å². The van der Waals surface area contributed by atoms with Crippen LogP contribution in [0.25, 0.3) is 11.3 Å². The summed E-state index contributed by atoms with van der Waals surface area (Å²) in [5.74, 6) is 1.11. The van der Waals surface area contributed by atoms with E-state index in [1.54, 1.807) is 6.07 Å². The van der Waals surface area contributed by atoms with Crippen molar-refractivity contribution in [3.63, 3.8) is 0 Å². The van der Waals surface area contributed by atoms with Crippen molar-refractivity contribution in [2.75, 3.05) is 5.73 Å². The van der Waals surface area contributed by atoms with Crippen LogP contribution in [0.2, 0.25) is 0 Å². The summed E-state index contributed by atoms with van der Waals surface area (Å²) in [6, 6.07) is 5.73. The van der Waals surface area contributed by atoms with Gasteiger partial charge in [-0.15, -0.1) is 13.2 Å².